The van der Waals surface area contributed by atoms with Crippen LogP contribution in [0.25, 0.3) is 0 Å². The van der Waals surface area contributed by atoms with Crippen LogP contribution in [0, 0.1) is 0 Å². The number of benzene rings is 1. The largest absolute Gasteiger partial charge is 0.507 e. The minimum absolute atomic E-state index is 0.0278. The third-order valence-electron chi connectivity index (χ3n) is 2.54. The quantitative estimate of drug-likeness (QED) is 0.742. The van der Waals surface area contributed by atoms with Crippen molar-refractivity contribution in [3.8, 4) is 5.75 Å². The summed E-state index contributed by atoms with van der Waals surface area (Å²) in [5, 5.41) is 20.7. The van der Waals surface area contributed by atoms with E-state index >= 15 is 0 Å². The highest BCUT2D eigenvalue weighted by Crippen LogP contribution is 2.24. The summed E-state index contributed by atoms with van der Waals surface area (Å²) in [6.45, 7) is 0. The highest BCUT2D eigenvalue weighted by Gasteiger charge is 2.25. The van der Waals surface area contributed by atoms with Crippen LogP contribution in [-0.2, 0) is 11.2 Å². The summed E-state index contributed by atoms with van der Waals surface area (Å²) in [5.74, 6) is -0.870. The molecule has 1 aliphatic rings. The Labute approximate surface area is 102 Å². The summed E-state index contributed by atoms with van der Waals surface area (Å²) in [5.41, 5.74) is 0.598. The number of carbonyl (C=O) groups is 2. The van der Waals surface area contributed by atoms with Crippen LogP contribution in [0.5, 0.6) is 5.75 Å². The van der Waals surface area contributed by atoms with Gasteiger partial charge in [-0.25, -0.2) is 4.79 Å². The Morgan fingerprint density at radius 3 is 2.88 bits per heavy atom. The molecule has 0 aliphatic carbocycles. The van der Waals surface area contributed by atoms with E-state index in [0.717, 1.165) is 5.56 Å². The Hall–Kier alpha value is -1.69. The zero-order chi connectivity index (χ0) is 12.4. The van der Waals surface area contributed by atoms with Gasteiger partial charge in [0.1, 0.15) is 11.3 Å². The van der Waals surface area contributed by atoms with Crippen molar-refractivity contribution < 1.29 is 19.8 Å². The standard InChI is InChI=1S/C11H11NO4S/c13-8-2-1-6(3-7(8)11(15)16)4-9-10(14)12-5-17-9/h1-3,9,13H,4-5H2,(H,12,14)(H,15,16). The minimum Gasteiger partial charge on any atom is -0.507 e. The number of phenols is 1. The SMILES string of the molecule is O=C(O)c1cc(CC2SCNC2=O)ccc1O. The van der Waals surface area contributed by atoms with Gasteiger partial charge in [0, 0.05) is 0 Å². The summed E-state index contributed by atoms with van der Waals surface area (Å²) in [4.78, 5) is 22.2. The molecule has 1 fully saturated rings. The molecule has 2 rings (SSSR count). The van der Waals surface area contributed by atoms with Gasteiger partial charge < -0.3 is 15.5 Å². The first kappa shape index (κ1) is 11.8. The predicted octanol–water partition coefficient (Wildman–Crippen LogP) is 0.822. The molecule has 1 aromatic rings. The molecule has 17 heavy (non-hydrogen) atoms. The topological polar surface area (TPSA) is 86.6 Å². The fourth-order valence-corrected chi connectivity index (χ4v) is 2.62. The highest BCUT2D eigenvalue weighted by atomic mass is 32.2. The Bertz CT molecular complexity index is 475. The number of amides is 1. The molecule has 5 nitrogen and oxygen atoms in total. The first-order valence-corrected chi connectivity index (χ1v) is 6.07. The van der Waals surface area contributed by atoms with Gasteiger partial charge in [-0.15, -0.1) is 11.8 Å². The molecular weight excluding hydrogens is 242 g/mol. The second kappa shape index (κ2) is 4.67. The second-order valence-electron chi connectivity index (χ2n) is 3.70. The van der Waals surface area contributed by atoms with Gasteiger partial charge in [0.15, 0.2) is 0 Å². The fraction of sp³-hybridized carbons (Fsp3) is 0.273. The van der Waals surface area contributed by atoms with Gasteiger partial charge in [0.2, 0.25) is 5.91 Å². The summed E-state index contributed by atoms with van der Waals surface area (Å²) < 4.78 is 0. The average molecular weight is 253 g/mol. The van der Waals surface area contributed by atoms with Crippen molar-refractivity contribution in [2.45, 2.75) is 11.7 Å². The van der Waals surface area contributed by atoms with E-state index in [4.69, 9.17) is 5.11 Å². The minimum atomic E-state index is -1.17. The van der Waals surface area contributed by atoms with Crippen molar-refractivity contribution in [1.82, 2.24) is 5.32 Å². The molecular formula is C11H11NO4S. The fourth-order valence-electron chi connectivity index (χ4n) is 1.65. The molecule has 0 spiro atoms. The zero-order valence-corrected chi connectivity index (χ0v) is 9.66. The number of carboxylic acid groups (broad SMARTS) is 1. The van der Waals surface area contributed by atoms with Crippen LogP contribution in [0.3, 0.4) is 0 Å². The molecule has 1 heterocycles. The van der Waals surface area contributed by atoms with Crippen LogP contribution >= 0.6 is 11.8 Å². The Morgan fingerprint density at radius 2 is 2.29 bits per heavy atom. The number of hydrogen-bond acceptors (Lipinski definition) is 4. The lowest BCUT2D eigenvalue weighted by atomic mass is 10.1. The first-order valence-electron chi connectivity index (χ1n) is 5.02. The Kier molecular flexibility index (Phi) is 3.23. The first-order chi connectivity index (χ1) is 8.08. The van der Waals surface area contributed by atoms with E-state index in [1.165, 1.54) is 23.9 Å². The predicted molar refractivity (Wildman–Crippen MR) is 63.2 cm³/mol. The third kappa shape index (κ3) is 2.52. The lowest BCUT2D eigenvalue weighted by Gasteiger charge is -2.07. The number of rotatable bonds is 3. The van der Waals surface area contributed by atoms with Crippen molar-refractivity contribution in [3.05, 3.63) is 29.3 Å². The second-order valence-corrected chi connectivity index (χ2v) is 4.89. The average Bonchev–Trinajstić information content (AvgIpc) is 2.67. The number of hydrogen-bond donors (Lipinski definition) is 3. The van der Waals surface area contributed by atoms with Crippen molar-refractivity contribution in [3.63, 3.8) is 0 Å². The molecule has 1 atom stereocenters. The Balaban J connectivity index is 2.19. The number of carbonyl (C=O) groups excluding carboxylic acids is 1. The van der Waals surface area contributed by atoms with E-state index in [1.807, 2.05) is 0 Å². The summed E-state index contributed by atoms with van der Waals surface area (Å²) in [6, 6.07) is 4.38. The van der Waals surface area contributed by atoms with Gasteiger partial charge >= 0.3 is 5.97 Å². The normalized spacial score (nSPS) is 19.1. The molecule has 1 aliphatic heterocycles. The van der Waals surface area contributed by atoms with Crippen LogP contribution in [0.15, 0.2) is 18.2 Å². The van der Waals surface area contributed by atoms with Crippen LogP contribution in [0.1, 0.15) is 15.9 Å². The van der Waals surface area contributed by atoms with Crippen molar-refractivity contribution in [2.75, 3.05) is 5.88 Å². The maximum atomic E-state index is 11.4. The lowest BCUT2D eigenvalue weighted by Crippen LogP contribution is -2.24. The Morgan fingerprint density at radius 1 is 1.53 bits per heavy atom. The van der Waals surface area contributed by atoms with Gasteiger partial charge in [-0.3, -0.25) is 4.79 Å². The maximum absolute atomic E-state index is 11.4. The summed E-state index contributed by atoms with van der Waals surface area (Å²) >= 11 is 1.49. The van der Waals surface area contributed by atoms with Crippen LogP contribution < -0.4 is 5.32 Å². The summed E-state index contributed by atoms with van der Waals surface area (Å²) in [6.07, 6.45) is 0.469. The van der Waals surface area contributed by atoms with E-state index < -0.39 is 5.97 Å². The van der Waals surface area contributed by atoms with Crippen molar-refractivity contribution in [1.29, 1.82) is 0 Å². The van der Waals surface area contributed by atoms with Gasteiger partial charge in [-0.1, -0.05) is 6.07 Å². The van der Waals surface area contributed by atoms with Gasteiger partial charge in [0.25, 0.3) is 0 Å². The molecule has 0 aromatic heterocycles. The molecule has 0 radical (unpaired) electrons. The van der Waals surface area contributed by atoms with E-state index in [9.17, 15) is 14.7 Å². The van der Waals surface area contributed by atoms with E-state index in [0.29, 0.717) is 12.3 Å². The van der Waals surface area contributed by atoms with Crippen LogP contribution in [0.2, 0.25) is 0 Å². The molecule has 1 amide bonds. The van der Waals surface area contributed by atoms with Crippen molar-refractivity contribution in [2.24, 2.45) is 0 Å². The lowest BCUT2D eigenvalue weighted by molar-refractivity contribution is -0.119. The number of aromatic hydroxyl groups is 1. The summed E-state index contributed by atoms with van der Waals surface area (Å²) in [7, 11) is 0. The zero-order valence-electron chi connectivity index (χ0n) is 8.84. The molecule has 90 valence electrons. The molecule has 3 N–H and O–H groups in total. The molecule has 0 saturated carbocycles. The molecule has 0 bridgehead atoms. The van der Waals surface area contributed by atoms with Gasteiger partial charge in [0.05, 0.1) is 11.1 Å². The monoisotopic (exact) mass is 253 g/mol. The van der Waals surface area contributed by atoms with Crippen LogP contribution in [-0.4, -0.2) is 33.2 Å². The number of nitrogens with one attached hydrogen (secondary N) is 1. The molecule has 1 aromatic carbocycles. The van der Waals surface area contributed by atoms with Gasteiger partial charge in [-0.05, 0) is 24.1 Å². The van der Waals surface area contributed by atoms with Gasteiger partial charge in [-0.2, -0.15) is 0 Å². The molecule has 6 heteroatoms. The maximum Gasteiger partial charge on any atom is 0.339 e. The number of thioether (sulfide) groups is 1. The number of carboxylic acids is 1. The molecule has 1 unspecified atom stereocenters. The van der Waals surface area contributed by atoms with E-state index in [1.54, 1.807) is 6.07 Å². The van der Waals surface area contributed by atoms with E-state index in [2.05, 4.69) is 5.32 Å². The third-order valence-corrected chi connectivity index (χ3v) is 3.63. The smallest absolute Gasteiger partial charge is 0.339 e. The molecule has 1 saturated heterocycles. The number of aromatic carboxylic acids is 1. The van der Waals surface area contributed by atoms with Crippen molar-refractivity contribution >= 4 is 23.6 Å². The van der Waals surface area contributed by atoms with E-state index in [-0.39, 0.29) is 22.5 Å². The van der Waals surface area contributed by atoms with Crippen LogP contribution in [0.4, 0.5) is 0 Å². The highest BCUT2D eigenvalue weighted by molar-refractivity contribution is 8.01.